The summed E-state index contributed by atoms with van der Waals surface area (Å²) in [6.45, 7) is 6.09. The Labute approximate surface area is 211 Å². The van der Waals surface area contributed by atoms with Gasteiger partial charge in [0.15, 0.2) is 10.7 Å². The first-order valence-corrected chi connectivity index (χ1v) is 13.4. The summed E-state index contributed by atoms with van der Waals surface area (Å²) >= 11 is 0. The van der Waals surface area contributed by atoms with Crippen LogP contribution >= 0.6 is 0 Å². The molecule has 1 N–H and O–H groups in total. The number of hydrogen-bond acceptors (Lipinski definition) is 5. The van der Waals surface area contributed by atoms with Gasteiger partial charge in [0.25, 0.3) is 0 Å². The predicted molar refractivity (Wildman–Crippen MR) is 137 cm³/mol. The van der Waals surface area contributed by atoms with Gasteiger partial charge in [-0.05, 0) is 61.6 Å². The van der Waals surface area contributed by atoms with Crippen molar-refractivity contribution in [3.8, 4) is 0 Å². The molecule has 1 unspecified atom stereocenters. The average Bonchev–Trinajstić information content (AvgIpc) is 3.25. The Morgan fingerprint density at radius 1 is 1.17 bits per heavy atom. The zero-order valence-corrected chi connectivity index (χ0v) is 21.4. The van der Waals surface area contributed by atoms with Crippen LogP contribution in [-0.2, 0) is 14.8 Å². The fourth-order valence-corrected chi connectivity index (χ4v) is 6.05. The summed E-state index contributed by atoms with van der Waals surface area (Å²) in [5.41, 5.74) is 2.36. The third kappa shape index (κ3) is 5.57. The highest BCUT2D eigenvalue weighted by Crippen LogP contribution is 2.30. The van der Waals surface area contributed by atoms with E-state index in [4.69, 9.17) is 4.52 Å². The van der Waals surface area contributed by atoms with Crippen LogP contribution in [0.2, 0.25) is 0 Å². The summed E-state index contributed by atoms with van der Waals surface area (Å²) in [5.74, 6) is -0.727. The lowest BCUT2D eigenvalue weighted by Gasteiger charge is -2.31. The van der Waals surface area contributed by atoms with E-state index in [1.54, 1.807) is 25.1 Å². The van der Waals surface area contributed by atoms with E-state index in [1.807, 2.05) is 24.3 Å². The first-order valence-electron chi connectivity index (χ1n) is 12.0. The van der Waals surface area contributed by atoms with E-state index in [0.717, 1.165) is 0 Å². The second kappa shape index (κ2) is 10.8. The molecule has 1 fully saturated rings. The molecular weight excluding hydrogens is 481 g/mol. The minimum atomic E-state index is -4.00. The molecule has 0 bridgehead atoms. The van der Waals surface area contributed by atoms with Crippen LogP contribution in [0.4, 0.5) is 10.1 Å². The summed E-state index contributed by atoms with van der Waals surface area (Å²) in [5, 5.41) is 6.75. The normalized spacial score (nSPS) is 17.1. The number of aryl methyl sites for hydroxylation is 1. The maximum atomic E-state index is 14.0. The molecule has 1 aromatic heterocycles. The van der Waals surface area contributed by atoms with Gasteiger partial charge in [0, 0.05) is 24.3 Å². The van der Waals surface area contributed by atoms with Crippen molar-refractivity contribution < 1.29 is 22.1 Å². The van der Waals surface area contributed by atoms with E-state index < -0.39 is 21.8 Å². The van der Waals surface area contributed by atoms with Gasteiger partial charge in [-0.3, -0.25) is 4.79 Å². The molecule has 2 heterocycles. The van der Waals surface area contributed by atoms with Gasteiger partial charge in [0.05, 0.1) is 5.92 Å². The number of nitrogens with one attached hydrogen (secondary N) is 1. The number of rotatable bonds is 7. The molecule has 2 aromatic carbocycles. The highest BCUT2D eigenvalue weighted by molar-refractivity contribution is 7.89. The van der Waals surface area contributed by atoms with Crippen molar-refractivity contribution in [2.45, 2.75) is 44.4 Å². The molecule has 0 aliphatic carbocycles. The molecule has 1 atom stereocenters. The van der Waals surface area contributed by atoms with Gasteiger partial charge < -0.3 is 9.84 Å². The second-order valence-electron chi connectivity index (χ2n) is 9.28. The monoisotopic (exact) mass is 511 g/mol. The lowest BCUT2D eigenvalue weighted by Crippen LogP contribution is -2.43. The summed E-state index contributed by atoms with van der Waals surface area (Å²) in [6.07, 6.45) is 3.99. The van der Waals surface area contributed by atoms with E-state index in [1.165, 1.54) is 28.1 Å². The van der Waals surface area contributed by atoms with Gasteiger partial charge in [-0.2, -0.15) is 4.31 Å². The number of carbonyl (C=O) groups is 1. The van der Waals surface area contributed by atoms with Gasteiger partial charge in [-0.25, -0.2) is 12.8 Å². The Morgan fingerprint density at radius 3 is 2.58 bits per heavy atom. The summed E-state index contributed by atoms with van der Waals surface area (Å²) in [6, 6.07) is 13.8. The molecule has 7 nitrogen and oxygen atoms in total. The molecule has 36 heavy (non-hydrogen) atoms. The molecule has 1 aliphatic rings. The van der Waals surface area contributed by atoms with Gasteiger partial charge >= 0.3 is 0 Å². The van der Waals surface area contributed by atoms with Crippen molar-refractivity contribution in [3.05, 3.63) is 76.9 Å². The van der Waals surface area contributed by atoms with E-state index >= 15 is 0 Å². The SMILES string of the molecule is Cc1noc(/C=C/c2ccccc2F)c1S(=O)(=O)N1CCCC(C(=O)Nc2ccc(C(C)C)cc2)C1. The van der Waals surface area contributed by atoms with E-state index in [-0.39, 0.29) is 35.3 Å². The minimum absolute atomic E-state index is 0.0209. The molecule has 4 rings (SSSR count). The zero-order valence-electron chi connectivity index (χ0n) is 20.6. The highest BCUT2D eigenvalue weighted by atomic mass is 32.2. The number of aromatic nitrogens is 1. The van der Waals surface area contributed by atoms with Crippen molar-refractivity contribution in [2.75, 3.05) is 18.4 Å². The van der Waals surface area contributed by atoms with Crippen LogP contribution in [-0.4, -0.2) is 36.9 Å². The quantitative estimate of drug-likeness (QED) is 0.455. The summed E-state index contributed by atoms with van der Waals surface area (Å²) in [7, 11) is -4.00. The number of hydrogen-bond donors (Lipinski definition) is 1. The number of benzene rings is 2. The molecule has 3 aromatic rings. The number of piperidine rings is 1. The fourth-order valence-electron chi connectivity index (χ4n) is 4.27. The largest absolute Gasteiger partial charge is 0.355 e. The van der Waals surface area contributed by atoms with Crippen LogP contribution < -0.4 is 5.32 Å². The Balaban J connectivity index is 1.51. The van der Waals surface area contributed by atoms with Gasteiger partial charge in [0.1, 0.15) is 11.5 Å². The van der Waals surface area contributed by atoms with Gasteiger partial charge in [-0.15, -0.1) is 0 Å². The van der Waals surface area contributed by atoms with E-state index in [9.17, 15) is 17.6 Å². The Bertz CT molecular complexity index is 1360. The van der Waals surface area contributed by atoms with Crippen molar-refractivity contribution in [2.24, 2.45) is 5.92 Å². The molecular formula is C27H30FN3O4S. The Morgan fingerprint density at radius 2 is 1.89 bits per heavy atom. The highest BCUT2D eigenvalue weighted by Gasteiger charge is 2.37. The number of nitrogens with zero attached hydrogens (tertiary/aromatic N) is 2. The van der Waals surface area contributed by atoms with Gasteiger partial charge in [0.2, 0.25) is 15.9 Å². The third-order valence-electron chi connectivity index (χ3n) is 6.35. The van der Waals surface area contributed by atoms with Crippen LogP contribution in [0.25, 0.3) is 12.2 Å². The molecule has 1 amide bonds. The van der Waals surface area contributed by atoms with Crippen LogP contribution in [0, 0.1) is 18.7 Å². The van der Waals surface area contributed by atoms with Crippen LogP contribution in [0.5, 0.6) is 0 Å². The van der Waals surface area contributed by atoms with Crippen LogP contribution in [0.15, 0.2) is 57.9 Å². The average molecular weight is 512 g/mol. The van der Waals surface area contributed by atoms with Crippen molar-refractivity contribution >= 4 is 33.8 Å². The lowest BCUT2D eigenvalue weighted by molar-refractivity contribution is -0.120. The molecule has 9 heteroatoms. The predicted octanol–water partition coefficient (Wildman–Crippen LogP) is 5.46. The first kappa shape index (κ1) is 25.8. The molecule has 1 aliphatic heterocycles. The zero-order chi connectivity index (χ0) is 25.9. The lowest BCUT2D eigenvalue weighted by atomic mass is 9.98. The number of halogens is 1. The smallest absolute Gasteiger partial charge is 0.248 e. The van der Waals surface area contributed by atoms with Crippen molar-refractivity contribution in [1.29, 1.82) is 0 Å². The second-order valence-corrected chi connectivity index (χ2v) is 11.2. The number of anilines is 1. The van der Waals surface area contributed by atoms with Crippen LogP contribution in [0.3, 0.4) is 0 Å². The summed E-state index contributed by atoms with van der Waals surface area (Å²) in [4.78, 5) is 12.9. The van der Waals surface area contributed by atoms with Crippen molar-refractivity contribution in [3.63, 3.8) is 0 Å². The molecule has 1 saturated heterocycles. The maximum Gasteiger partial charge on any atom is 0.248 e. The van der Waals surface area contributed by atoms with Gasteiger partial charge in [-0.1, -0.05) is 49.3 Å². The number of carbonyl (C=O) groups excluding carboxylic acids is 1. The van der Waals surface area contributed by atoms with Crippen molar-refractivity contribution in [1.82, 2.24) is 9.46 Å². The standard InChI is InChI=1S/C27H30FN3O4S/c1-18(2)20-10-13-23(14-11-20)29-27(32)22-8-6-16-31(17-22)36(33,34)26-19(3)30-35-25(26)15-12-21-7-4-5-9-24(21)28/h4-5,7,9-15,18,22H,6,8,16-17H2,1-3H3,(H,29,32)/b15-12+. The molecule has 0 radical (unpaired) electrons. The molecule has 190 valence electrons. The molecule has 0 saturated carbocycles. The van der Waals surface area contributed by atoms with E-state index in [2.05, 4.69) is 24.3 Å². The first-order chi connectivity index (χ1) is 17.2. The summed E-state index contributed by atoms with van der Waals surface area (Å²) < 4.78 is 47.7. The number of sulfonamides is 1. The minimum Gasteiger partial charge on any atom is -0.355 e. The number of amides is 1. The topological polar surface area (TPSA) is 92.5 Å². The fraction of sp³-hybridized carbons (Fsp3) is 0.333. The Kier molecular flexibility index (Phi) is 7.70. The maximum absolute atomic E-state index is 14.0. The Hall–Kier alpha value is -3.30. The molecule has 0 spiro atoms. The van der Waals surface area contributed by atoms with E-state index in [0.29, 0.717) is 30.0 Å². The third-order valence-corrected chi connectivity index (χ3v) is 8.37. The van der Waals surface area contributed by atoms with Crippen LogP contribution in [0.1, 0.15) is 55.2 Å².